The summed E-state index contributed by atoms with van der Waals surface area (Å²) in [6.45, 7) is 3.63. The van der Waals surface area contributed by atoms with Gasteiger partial charge in [0.15, 0.2) is 0 Å². The highest BCUT2D eigenvalue weighted by atomic mass is 16.2. The largest absolute Gasteiger partial charge is 0.397 e. The lowest BCUT2D eigenvalue weighted by Crippen LogP contribution is -2.40. The Hall–Kier alpha value is -2.11. The summed E-state index contributed by atoms with van der Waals surface area (Å²) in [4.78, 5) is 26.7. The number of rotatable bonds is 4. The molecule has 1 aromatic rings. The minimum Gasteiger partial charge on any atom is -0.397 e. The Balaban J connectivity index is 2.45. The van der Waals surface area contributed by atoms with Gasteiger partial charge in [-0.2, -0.15) is 0 Å². The molecule has 0 radical (unpaired) electrons. The van der Waals surface area contributed by atoms with Crippen molar-refractivity contribution in [2.45, 2.75) is 19.9 Å². The molecule has 92 valence electrons. The number of carbonyl (C=O) groups is 2. The highest BCUT2D eigenvalue weighted by molar-refractivity contribution is 5.94. The third kappa shape index (κ3) is 4.50. The van der Waals surface area contributed by atoms with Gasteiger partial charge in [-0.05, 0) is 26.0 Å². The first kappa shape index (κ1) is 13.0. The number of nitrogens with two attached hydrogens (primary N) is 1. The van der Waals surface area contributed by atoms with Gasteiger partial charge < -0.3 is 16.4 Å². The van der Waals surface area contributed by atoms with Crippen LogP contribution in [-0.4, -0.2) is 29.4 Å². The van der Waals surface area contributed by atoms with E-state index in [1.165, 1.54) is 12.3 Å². The predicted molar refractivity (Wildman–Crippen MR) is 64.3 cm³/mol. The average Bonchev–Trinajstić information content (AvgIpc) is 2.26. The summed E-state index contributed by atoms with van der Waals surface area (Å²) in [6.07, 6.45) is 1.39. The molecule has 0 unspecified atom stereocenters. The Kier molecular flexibility index (Phi) is 4.45. The van der Waals surface area contributed by atoms with E-state index in [0.717, 1.165) is 0 Å². The van der Waals surface area contributed by atoms with Crippen LogP contribution in [0.5, 0.6) is 0 Å². The quantitative estimate of drug-likeness (QED) is 0.681. The number of nitrogens with one attached hydrogen (secondary N) is 2. The van der Waals surface area contributed by atoms with Crippen molar-refractivity contribution >= 4 is 17.5 Å². The van der Waals surface area contributed by atoms with Crippen LogP contribution in [-0.2, 0) is 4.79 Å². The molecule has 17 heavy (non-hydrogen) atoms. The number of carbonyl (C=O) groups excluding carboxylic acids is 2. The standard InChI is InChI=1S/C11H16N4O2/c1-7(2)15-10(16)6-14-11(17)9-4-3-8(12)5-13-9/h3-5,7H,6,12H2,1-2H3,(H,14,17)(H,15,16). The number of nitrogens with zero attached hydrogens (tertiary/aromatic N) is 1. The molecule has 0 fully saturated rings. The van der Waals surface area contributed by atoms with Gasteiger partial charge in [0.1, 0.15) is 5.69 Å². The fourth-order valence-electron chi connectivity index (χ4n) is 1.16. The zero-order valence-corrected chi connectivity index (χ0v) is 9.86. The van der Waals surface area contributed by atoms with Crippen molar-refractivity contribution in [3.8, 4) is 0 Å². The van der Waals surface area contributed by atoms with E-state index in [1.807, 2.05) is 13.8 Å². The van der Waals surface area contributed by atoms with Crippen molar-refractivity contribution < 1.29 is 9.59 Å². The van der Waals surface area contributed by atoms with E-state index in [2.05, 4.69) is 15.6 Å². The van der Waals surface area contributed by atoms with Crippen LogP contribution in [0.25, 0.3) is 0 Å². The number of hydrogen-bond donors (Lipinski definition) is 3. The molecule has 1 rings (SSSR count). The Morgan fingerprint density at radius 3 is 2.65 bits per heavy atom. The van der Waals surface area contributed by atoms with Crippen molar-refractivity contribution in [2.24, 2.45) is 0 Å². The van der Waals surface area contributed by atoms with E-state index in [0.29, 0.717) is 5.69 Å². The number of pyridine rings is 1. The molecule has 0 atom stereocenters. The summed E-state index contributed by atoms with van der Waals surface area (Å²) in [7, 11) is 0. The van der Waals surface area contributed by atoms with E-state index in [4.69, 9.17) is 5.73 Å². The normalized spacial score (nSPS) is 10.1. The second-order valence-electron chi connectivity index (χ2n) is 3.88. The third-order valence-electron chi connectivity index (χ3n) is 1.88. The van der Waals surface area contributed by atoms with E-state index < -0.39 is 5.91 Å². The van der Waals surface area contributed by atoms with Gasteiger partial charge in [-0.3, -0.25) is 9.59 Å². The number of aromatic nitrogens is 1. The molecular formula is C11H16N4O2. The molecule has 1 aromatic heterocycles. The van der Waals surface area contributed by atoms with E-state index in [1.54, 1.807) is 6.07 Å². The minimum absolute atomic E-state index is 0.0500. The first-order valence-corrected chi connectivity index (χ1v) is 5.28. The minimum atomic E-state index is -0.399. The Labute approximate surface area is 99.6 Å². The number of nitrogen functional groups attached to an aromatic ring is 1. The van der Waals surface area contributed by atoms with Crippen LogP contribution in [0.2, 0.25) is 0 Å². The van der Waals surface area contributed by atoms with Crippen LogP contribution in [0.15, 0.2) is 18.3 Å². The zero-order chi connectivity index (χ0) is 12.8. The van der Waals surface area contributed by atoms with Gasteiger partial charge in [0.2, 0.25) is 5.91 Å². The van der Waals surface area contributed by atoms with Crippen LogP contribution in [0, 0.1) is 0 Å². The molecule has 0 aliphatic rings. The molecule has 0 aromatic carbocycles. The van der Waals surface area contributed by atoms with E-state index in [9.17, 15) is 9.59 Å². The van der Waals surface area contributed by atoms with Crippen LogP contribution < -0.4 is 16.4 Å². The van der Waals surface area contributed by atoms with Gasteiger partial charge in [0.25, 0.3) is 5.91 Å². The van der Waals surface area contributed by atoms with Gasteiger partial charge in [0.05, 0.1) is 18.4 Å². The molecule has 0 spiro atoms. The van der Waals surface area contributed by atoms with Crippen molar-refractivity contribution in [3.63, 3.8) is 0 Å². The average molecular weight is 236 g/mol. The molecule has 0 aliphatic heterocycles. The summed E-state index contributed by atoms with van der Waals surface area (Å²) >= 11 is 0. The molecule has 6 heteroatoms. The topological polar surface area (TPSA) is 97.1 Å². The summed E-state index contributed by atoms with van der Waals surface area (Å²) in [5.74, 6) is -0.632. The molecule has 6 nitrogen and oxygen atoms in total. The van der Waals surface area contributed by atoms with Gasteiger partial charge >= 0.3 is 0 Å². The summed E-state index contributed by atoms with van der Waals surface area (Å²) in [5.41, 5.74) is 6.16. The van der Waals surface area contributed by atoms with Crippen LogP contribution in [0.3, 0.4) is 0 Å². The smallest absolute Gasteiger partial charge is 0.270 e. The van der Waals surface area contributed by atoms with Gasteiger partial charge in [-0.25, -0.2) is 4.98 Å². The lowest BCUT2D eigenvalue weighted by atomic mass is 10.3. The van der Waals surface area contributed by atoms with Crippen molar-refractivity contribution in [3.05, 3.63) is 24.0 Å². The van der Waals surface area contributed by atoms with Crippen molar-refractivity contribution in [1.82, 2.24) is 15.6 Å². The van der Waals surface area contributed by atoms with Crippen LogP contribution >= 0.6 is 0 Å². The SMILES string of the molecule is CC(C)NC(=O)CNC(=O)c1ccc(N)cn1. The summed E-state index contributed by atoms with van der Waals surface area (Å²) in [5, 5.41) is 5.13. The van der Waals surface area contributed by atoms with Crippen molar-refractivity contribution in [2.75, 3.05) is 12.3 Å². The first-order chi connectivity index (χ1) is 7.99. The van der Waals surface area contributed by atoms with Crippen LogP contribution in [0.4, 0.5) is 5.69 Å². The summed E-state index contributed by atoms with van der Waals surface area (Å²) < 4.78 is 0. The molecular weight excluding hydrogens is 220 g/mol. The van der Waals surface area contributed by atoms with E-state index >= 15 is 0 Å². The molecule has 0 bridgehead atoms. The second kappa shape index (κ2) is 5.83. The highest BCUT2D eigenvalue weighted by Gasteiger charge is 2.09. The first-order valence-electron chi connectivity index (χ1n) is 5.28. The summed E-state index contributed by atoms with van der Waals surface area (Å²) in [6, 6.07) is 3.13. The number of anilines is 1. The number of hydrogen-bond acceptors (Lipinski definition) is 4. The number of amides is 2. The maximum absolute atomic E-state index is 11.6. The maximum atomic E-state index is 11.6. The Morgan fingerprint density at radius 1 is 1.41 bits per heavy atom. The van der Waals surface area contributed by atoms with Gasteiger partial charge in [-0.15, -0.1) is 0 Å². The van der Waals surface area contributed by atoms with E-state index in [-0.39, 0.29) is 24.2 Å². The van der Waals surface area contributed by atoms with Crippen LogP contribution in [0.1, 0.15) is 24.3 Å². The fraction of sp³-hybridized carbons (Fsp3) is 0.364. The van der Waals surface area contributed by atoms with Crippen molar-refractivity contribution in [1.29, 1.82) is 0 Å². The molecule has 0 saturated carbocycles. The zero-order valence-electron chi connectivity index (χ0n) is 9.86. The fourth-order valence-corrected chi connectivity index (χ4v) is 1.16. The molecule has 2 amide bonds. The molecule has 4 N–H and O–H groups in total. The third-order valence-corrected chi connectivity index (χ3v) is 1.88. The molecule has 0 aliphatic carbocycles. The highest BCUT2D eigenvalue weighted by Crippen LogP contribution is 2.00. The lowest BCUT2D eigenvalue weighted by molar-refractivity contribution is -0.120. The van der Waals surface area contributed by atoms with Gasteiger partial charge in [-0.1, -0.05) is 0 Å². The predicted octanol–water partition coefficient (Wildman–Crippen LogP) is -0.0818. The monoisotopic (exact) mass is 236 g/mol. The Morgan fingerprint density at radius 2 is 2.12 bits per heavy atom. The van der Waals surface area contributed by atoms with Gasteiger partial charge in [0, 0.05) is 6.04 Å². The molecule has 1 heterocycles. The molecule has 0 saturated heterocycles. The second-order valence-corrected chi connectivity index (χ2v) is 3.88. The Bertz CT molecular complexity index is 400. The lowest BCUT2D eigenvalue weighted by Gasteiger charge is -2.08. The maximum Gasteiger partial charge on any atom is 0.270 e.